The summed E-state index contributed by atoms with van der Waals surface area (Å²) in [7, 11) is 0. The molecule has 1 amide bonds. The average Bonchev–Trinajstić information content (AvgIpc) is 2.79. The minimum atomic E-state index is -0.250. The molecule has 1 unspecified atom stereocenters. The Labute approximate surface area is 111 Å². The largest absolute Gasteiger partial charge is 0.451 e. The van der Waals surface area contributed by atoms with E-state index < -0.39 is 0 Å². The fourth-order valence-electron chi connectivity index (χ4n) is 1.85. The molecule has 0 fully saturated rings. The molecule has 0 saturated carbocycles. The van der Waals surface area contributed by atoms with Gasteiger partial charge in [0, 0.05) is 24.2 Å². The minimum absolute atomic E-state index is 0.126. The van der Waals surface area contributed by atoms with Crippen molar-refractivity contribution in [1.82, 2.24) is 5.32 Å². The van der Waals surface area contributed by atoms with Gasteiger partial charge in [0.2, 0.25) is 0 Å². The molecule has 1 atom stereocenters. The van der Waals surface area contributed by atoms with Gasteiger partial charge in [-0.15, -0.1) is 0 Å². The molecule has 0 aliphatic carbocycles. The highest BCUT2D eigenvalue weighted by atomic mass is 16.3. The molecule has 4 N–H and O–H groups in total. The molecule has 2 aromatic rings. The Morgan fingerprint density at radius 2 is 2.26 bits per heavy atom. The number of carbonyl (C=O) groups excluding carboxylic acids is 1. The molecule has 0 bridgehead atoms. The Bertz CT molecular complexity index is 577. The summed E-state index contributed by atoms with van der Waals surface area (Å²) in [5.74, 6) is 0.255. The molecule has 1 aromatic heterocycles. The lowest BCUT2D eigenvalue weighted by Crippen LogP contribution is -2.28. The lowest BCUT2D eigenvalue weighted by atomic mass is 10.1. The third kappa shape index (κ3) is 3.26. The predicted octanol–water partition coefficient (Wildman–Crippen LogP) is 1.76. The van der Waals surface area contributed by atoms with Crippen molar-refractivity contribution < 1.29 is 14.3 Å². The number of amides is 1. The van der Waals surface area contributed by atoms with E-state index in [2.05, 4.69) is 5.32 Å². The van der Waals surface area contributed by atoms with Crippen LogP contribution in [0, 0.1) is 5.92 Å². The number of aliphatic hydroxyl groups excluding tert-OH is 1. The van der Waals surface area contributed by atoms with Crippen LogP contribution in [0.25, 0.3) is 11.0 Å². The fraction of sp³-hybridized carbons (Fsp3) is 0.357. The van der Waals surface area contributed by atoms with Crippen LogP contribution in [0.5, 0.6) is 0 Å². The second-order valence-electron chi connectivity index (χ2n) is 4.74. The van der Waals surface area contributed by atoms with E-state index >= 15 is 0 Å². The number of carbonyl (C=O) groups is 1. The highest BCUT2D eigenvalue weighted by Crippen LogP contribution is 2.21. The van der Waals surface area contributed by atoms with E-state index in [0.717, 1.165) is 5.39 Å². The van der Waals surface area contributed by atoms with Crippen LogP contribution in [0.4, 0.5) is 5.69 Å². The van der Waals surface area contributed by atoms with Crippen LogP contribution in [0.2, 0.25) is 0 Å². The van der Waals surface area contributed by atoms with Crippen LogP contribution in [-0.4, -0.2) is 24.2 Å². The maximum absolute atomic E-state index is 11.9. The zero-order valence-electron chi connectivity index (χ0n) is 10.8. The molecule has 5 nitrogen and oxygen atoms in total. The Morgan fingerprint density at radius 1 is 1.47 bits per heavy atom. The van der Waals surface area contributed by atoms with Crippen LogP contribution in [0.1, 0.15) is 23.9 Å². The SMILES string of the molecule is CC(CCO)CNC(=O)c1cc2cc(N)ccc2o1. The summed E-state index contributed by atoms with van der Waals surface area (Å²) in [6.07, 6.45) is 0.664. The molecule has 1 aromatic carbocycles. The maximum Gasteiger partial charge on any atom is 0.287 e. The van der Waals surface area contributed by atoms with Crippen molar-refractivity contribution in [3.05, 3.63) is 30.0 Å². The second kappa shape index (κ2) is 5.75. The first kappa shape index (κ1) is 13.4. The van der Waals surface area contributed by atoms with Gasteiger partial charge in [0.15, 0.2) is 5.76 Å². The standard InChI is InChI=1S/C14H18N2O3/c1-9(4-5-17)8-16-14(18)13-7-10-6-11(15)2-3-12(10)19-13/h2-3,6-7,9,17H,4-5,8,15H2,1H3,(H,16,18). The monoisotopic (exact) mass is 262 g/mol. The quantitative estimate of drug-likeness (QED) is 0.716. The van der Waals surface area contributed by atoms with Crippen LogP contribution in [0.15, 0.2) is 28.7 Å². The molecule has 0 radical (unpaired) electrons. The predicted molar refractivity (Wildman–Crippen MR) is 73.8 cm³/mol. The minimum Gasteiger partial charge on any atom is -0.451 e. The van der Waals surface area contributed by atoms with Crippen molar-refractivity contribution in [3.8, 4) is 0 Å². The highest BCUT2D eigenvalue weighted by Gasteiger charge is 2.13. The lowest BCUT2D eigenvalue weighted by Gasteiger charge is -2.09. The number of benzene rings is 1. The summed E-state index contributed by atoms with van der Waals surface area (Å²) in [6, 6.07) is 6.93. The van der Waals surface area contributed by atoms with Crippen molar-refractivity contribution in [2.75, 3.05) is 18.9 Å². The van der Waals surface area contributed by atoms with Crippen molar-refractivity contribution in [2.24, 2.45) is 5.92 Å². The Morgan fingerprint density at radius 3 is 3.00 bits per heavy atom. The third-order valence-electron chi connectivity index (χ3n) is 3.00. The molecule has 0 spiro atoms. The third-order valence-corrected chi connectivity index (χ3v) is 3.00. The number of hydrogen-bond donors (Lipinski definition) is 3. The molecule has 5 heteroatoms. The number of anilines is 1. The van der Waals surface area contributed by atoms with Crippen LogP contribution >= 0.6 is 0 Å². The molecule has 0 saturated heterocycles. The summed E-state index contributed by atoms with van der Waals surface area (Å²) in [5.41, 5.74) is 6.95. The van der Waals surface area contributed by atoms with E-state index in [1.807, 2.05) is 6.92 Å². The fourth-order valence-corrected chi connectivity index (χ4v) is 1.85. The topological polar surface area (TPSA) is 88.5 Å². The Hall–Kier alpha value is -2.01. The number of hydrogen-bond acceptors (Lipinski definition) is 4. The Kier molecular flexibility index (Phi) is 4.06. The molecule has 102 valence electrons. The summed E-state index contributed by atoms with van der Waals surface area (Å²) < 4.78 is 5.46. The molecular weight excluding hydrogens is 244 g/mol. The van der Waals surface area contributed by atoms with Gasteiger partial charge < -0.3 is 20.6 Å². The molecule has 0 aliphatic heterocycles. The van der Waals surface area contributed by atoms with E-state index in [1.165, 1.54) is 0 Å². The van der Waals surface area contributed by atoms with Crippen molar-refractivity contribution in [2.45, 2.75) is 13.3 Å². The van der Waals surface area contributed by atoms with Crippen LogP contribution < -0.4 is 11.1 Å². The summed E-state index contributed by atoms with van der Waals surface area (Å²) >= 11 is 0. The van der Waals surface area contributed by atoms with Gasteiger partial charge in [-0.05, 0) is 36.6 Å². The van der Waals surface area contributed by atoms with Gasteiger partial charge in [0.25, 0.3) is 5.91 Å². The zero-order valence-corrected chi connectivity index (χ0v) is 10.8. The second-order valence-corrected chi connectivity index (χ2v) is 4.74. The van der Waals surface area contributed by atoms with Gasteiger partial charge >= 0.3 is 0 Å². The van der Waals surface area contributed by atoms with Crippen molar-refractivity contribution in [1.29, 1.82) is 0 Å². The number of nitrogen functional groups attached to an aromatic ring is 1. The molecular formula is C14H18N2O3. The van der Waals surface area contributed by atoms with E-state index in [9.17, 15) is 4.79 Å². The van der Waals surface area contributed by atoms with Crippen LogP contribution in [0.3, 0.4) is 0 Å². The maximum atomic E-state index is 11.9. The van der Waals surface area contributed by atoms with Gasteiger partial charge in [0.05, 0.1) is 0 Å². The Balaban J connectivity index is 2.05. The van der Waals surface area contributed by atoms with E-state index in [-0.39, 0.29) is 24.2 Å². The van der Waals surface area contributed by atoms with E-state index in [0.29, 0.717) is 24.2 Å². The molecule has 19 heavy (non-hydrogen) atoms. The smallest absolute Gasteiger partial charge is 0.287 e. The van der Waals surface area contributed by atoms with Crippen LogP contribution in [-0.2, 0) is 0 Å². The van der Waals surface area contributed by atoms with Gasteiger partial charge in [-0.3, -0.25) is 4.79 Å². The number of fused-ring (bicyclic) bond motifs is 1. The van der Waals surface area contributed by atoms with Gasteiger partial charge in [-0.25, -0.2) is 0 Å². The number of nitrogens with one attached hydrogen (secondary N) is 1. The number of nitrogens with two attached hydrogens (primary N) is 1. The molecule has 2 rings (SSSR count). The van der Waals surface area contributed by atoms with Crippen molar-refractivity contribution >= 4 is 22.6 Å². The summed E-state index contributed by atoms with van der Waals surface area (Å²) in [5, 5.41) is 12.4. The van der Waals surface area contributed by atoms with Gasteiger partial charge in [0.1, 0.15) is 5.58 Å². The first-order valence-electron chi connectivity index (χ1n) is 6.28. The van der Waals surface area contributed by atoms with Crippen molar-refractivity contribution in [3.63, 3.8) is 0 Å². The van der Waals surface area contributed by atoms with E-state index in [4.69, 9.17) is 15.3 Å². The summed E-state index contributed by atoms with van der Waals surface area (Å²) in [6.45, 7) is 2.61. The van der Waals surface area contributed by atoms with E-state index in [1.54, 1.807) is 24.3 Å². The number of rotatable bonds is 5. The van der Waals surface area contributed by atoms with Gasteiger partial charge in [-0.1, -0.05) is 6.92 Å². The normalized spacial score (nSPS) is 12.5. The molecule has 0 aliphatic rings. The lowest BCUT2D eigenvalue weighted by molar-refractivity contribution is 0.0920. The van der Waals surface area contributed by atoms with Gasteiger partial charge in [-0.2, -0.15) is 0 Å². The molecule has 1 heterocycles. The first-order chi connectivity index (χ1) is 9.10. The first-order valence-corrected chi connectivity index (χ1v) is 6.28. The number of furan rings is 1. The highest BCUT2D eigenvalue weighted by molar-refractivity contribution is 5.96. The number of aliphatic hydroxyl groups is 1. The summed E-state index contributed by atoms with van der Waals surface area (Å²) in [4.78, 5) is 11.9. The average molecular weight is 262 g/mol. The zero-order chi connectivity index (χ0) is 13.8.